The molecule has 8 nitrogen and oxygen atoms in total. The van der Waals surface area contributed by atoms with Crippen LogP contribution >= 0.6 is 15.9 Å². The molecule has 0 aliphatic carbocycles. The normalized spacial score (nSPS) is 11.4. The van der Waals surface area contributed by atoms with E-state index >= 15 is 0 Å². The van der Waals surface area contributed by atoms with Crippen LogP contribution < -0.4 is 5.32 Å². The molecule has 0 saturated carbocycles. The molecule has 110 valence electrons. The average Bonchev–Trinajstić information content (AvgIpc) is 3.01. The average molecular weight is 361 g/mol. The molecule has 2 aromatic rings. The summed E-state index contributed by atoms with van der Waals surface area (Å²) in [5.41, 5.74) is 1.44. The summed E-state index contributed by atoms with van der Waals surface area (Å²) in [5.74, 6) is -0.887. The summed E-state index contributed by atoms with van der Waals surface area (Å²) in [7, 11) is 0. The number of carboxylic acid groups (broad SMARTS) is 1. The van der Waals surface area contributed by atoms with E-state index < -0.39 is 5.97 Å². The SMILES string of the molecule is N#CC(=CNc1cc(Br)ccc1C=CC(=O)O)c1nn[nH]n1. The highest BCUT2D eigenvalue weighted by Gasteiger charge is 2.06. The Hall–Kier alpha value is -2.99. The highest BCUT2D eigenvalue weighted by atomic mass is 79.9. The molecule has 0 saturated heterocycles. The van der Waals surface area contributed by atoms with Gasteiger partial charge in [-0.2, -0.15) is 10.5 Å². The summed E-state index contributed by atoms with van der Waals surface area (Å²) in [6.45, 7) is 0. The van der Waals surface area contributed by atoms with Gasteiger partial charge >= 0.3 is 5.97 Å². The maximum atomic E-state index is 10.6. The molecule has 2 rings (SSSR count). The molecule has 22 heavy (non-hydrogen) atoms. The van der Waals surface area contributed by atoms with Crippen molar-refractivity contribution in [2.45, 2.75) is 0 Å². The third-order valence-corrected chi connectivity index (χ3v) is 2.99. The van der Waals surface area contributed by atoms with Crippen LogP contribution in [0.2, 0.25) is 0 Å². The third-order valence-electron chi connectivity index (χ3n) is 2.50. The largest absolute Gasteiger partial charge is 0.478 e. The van der Waals surface area contributed by atoms with Crippen LogP contribution in [-0.2, 0) is 4.79 Å². The number of halogens is 1. The lowest BCUT2D eigenvalue weighted by atomic mass is 10.1. The standard InChI is InChI=1S/C13H9BrN6O2/c14-10-3-1-8(2-4-12(21)22)11(5-10)16-7-9(6-15)13-17-19-20-18-13/h1-5,7,16H,(H,21,22)(H,17,18,19,20). The smallest absolute Gasteiger partial charge is 0.328 e. The number of anilines is 1. The number of H-pyrrole nitrogens is 1. The van der Waals surface area contributed by atoms with Crippen LogP contribution in [0.1, 0.15) is 11.4 Å². The summed E-state index contributed by atoms with van der Waals surface area (Å²) < 4.78 is 0.800. The Labute approximate surface area is 133 Å². The number of nitrogens with one attached hydrogen (secondary N) is 2. The molecular weight excluding hydrogens is 352 g/mol. The van der Waals surface area contributed by atoms with Crippen molar-refractivity contribution in [2.24, 2.45) is 0 Å². The van der Waals surface area contributed by atoms with Crippen molar-refractivity contribution in [3.8, 4) is 6.07 Å². The van der Waals surface area contributed by atoms with Crippen LogP contribution in [0.15, 0.2) is 34.9 Å². The fourth-order valence-electron chi connectivity index (χ4n) is 1.53. The zero-order chi connectivity index (χ0) is 15.9. The summed E-state index contributed by atoms with van der Waals surface area (Å²) in [4.78, 5) is 10.6. The van der Waals surface area contributed by atoms with Crippen LogP contribution in [-0.4, -0.2) is 31.7 Å². The molecule has 0 aliphatic heterocycles. The summed E-state index contributed by atoms with van der Waals surface area (Å²) in [6.07, 6.45) is 3.90. The van der Waals surface area contributed by atoms with Gasteiger partial charge in [-0.15, -0.1) is 10.2 Å². The number of rotatable bonds is 5. The van der Waals surface area contributed by atoms with Gasteiger partial charge in [-0.05, 0) is 29.0 Å². The van der Waals surface area contributed by atoms with Gasteiger partial charge in [0.1, 0.15) is 11.6 Å². The van der Waals surface area contributed by atoms with E-state index in [1.807, 2.05) is 6.07 Å². The molecule has 1 heterocycles. The Kier molecular flexibility index (Phi) is 5.00. The first-order valence-electron chi connectivity index (χ1n) is 5.91. The summed E-state index contributed by atoms with van der Waals surface area (Å²) >= 11 is 3.33. The van der Waals surface area contributed by atoms with Crippen LogP contribution in [0.25, 0.3) is 11.6 Å². The fourth-order valence-corrected chi connectivity index (χ4v) is 1.89. The molecule has 0 amide bonds. The van der Waals surface area contributed by atoms with Crippen LogP contribution in [0.3, 0.4) is 0 Å². The van der Waals surface area contributed by atoms with Crippen molar-refractivity contribution in [3.05, 3.63) is 46.3 Å². The number of benzene rings is 1. The van der Waals surface area contributed by atoms with Gasteiger partial charge in [-0.25, -0.2) is 4.79 Å². The molecular formula is C13H9BrN6O2. The Morgan fingerprint density at radius 3 is 2.95 bits per heavy atom. The van der Waals surface area contributed by atoms with Gasteiger partial charge in [0.15, 0.2) is 0 Å². The summed E-state index contributed by atoms with van der Waals surface area (Å²) in [6, 6.07) is 7.22. The van der Waals surface area contributed by atoms with E-state index in [1.165, 1.54) is 12.3 Å². The monoisotopic (exact) mass is 360 g/mol. The number of aromatic nitrogens is 4. The van der Waals surface area contributed by atoms with Gasteiger partial charge in [-0.3, -0.25) is 0 Å². The molecule has 1 aromatic carbocycles. The first-order chi connectivity index (χ1) is 10.6. The van der Waals surface area contributed by atoms with E-state index in [0.717, 1.165) is 10.5 Å². The number of hydrogen-bond donors (Lipinski definition) is 3. The second-order valence-corrected chi connectivity index (χ2v) is 4.87. The van der Waals surface area contributed by atoms with Crippen LogP contribution in [0, 0.1) is 11.3 Å². The molecule has 0 spiro atoms. The zero-order valence-corrected chi connectivity index (χ0v) is 12.6. The number of carboxylic acids is 1. The quantitative estimate of drug-likeness (QED) is 0.549. The number of hydrogen-bond acceptors (Lipinski definition) is 6. The number of tetrazole rings is 1. The van der Waals surface area contributed by atoms with E-state index in [9.17, 15) is 4.79 Å². The number of aromatic amines is 1. The van der Waals surface area contributed by atoms with E-state index in [4.69, 9.17) is 10.4 Å². The fraction of sp³-hybridized carbons (Fsp3) is 0. The van der Waals surface area contributed by atoms with E-state index in [-0.39, 0.29) is 11.4 Å². The minimum Gasteiger partial charge on any atom is -0.478 e. The van der Waals surface area contributed by atoms with Gasteiger partial charge in [0.2, 0.25) is 5.82 Å². The zero-order valence-electron chi connectivity index (χ0n) is 11.0. The predicted octanol–water partition coefficient (Wildman–Crippen LogP) is 2.04. The molecule has 0 unspecified atom stereocenters. The number of nitrogens with zero attached hydrogens (tertiary/aromatic N) is 4. The lowest BCUT2D eigenvalue weighted by Gasteiger charge is -2.07. The van der Waals surface area contributed by atoms with Gasteiger partial charge < -0.3 is 10.4 Å². The van der Waals surface area contributed by atoms with Gasteiger partial charge in [0.05, 0.1) is 0 Å². The predicted molar refractivity (Wildman–Crippen MR) is 82.2 cm³/mol. The first-order valence-corrected chi connectivity index (χ1v) is 6.70. The minimum absolute atomic E-state index is 0.160. The second-order valence-electron chi connectivity index (χ2n) is 3.95. The van der Waals surface area contributed by atoms with Crippen molar-refractivity contribution in [1.29, 1.82) is 5.26 Å². The molecule has 3 N–H and O–H groups in total. The molecule has 0 bridgehead atoms. The molecule has 0 aliphatic rings. The highest BCUT2D eigenvalue weighted by molar-refractivity contribution is 9.10. The highest BCUT2D eigenvalue weighted by Crippen LogP contribution is 2.23. The van der Waals surface area contributed by atoms with Crippen molar-refractivity contribution in [3.63, 3.8) is 0 Å². The Morgan fingerprint density at radius 2 is 2.32 bits per heavy atom. The van der Waals surface area contributed by atoms with Gasteiger partial charge in [0.25, 0.3) is 0 Å². The molecule has 1 aromatic heterocycles. The van der Waals surface area contributed by atoms with Gasteiger partial charge in [0, 0.05) is 22.4 Å². The van der Waals surface area contributed by atoms with Crippen molar-refractivity contribution < 1.29 is 9.90 Å². The molecule has 9 heteroatoms. The number of aliphatic carboxylic acids is 1. The maximum Gasteiger partial charge on any atom is 0.328 e. The van der Waals surface area contributed by atoms with Crippen LogP contribution in [0.4, 0.5) is 5.69 Å². The van der Waals surface area contributed by atoms with E-state index in [2.05, 4.69) is 41.9 Å². The second kappa shape index (κ2) is 7.14. The van der Waals surface area contributed by atoms with Crippen molar-refractivity contribution in [1.82, 2.24) is 20.6 Å². The number of carbonyl (C=O) groups is 1. The Morgan fingerprint density at radius 1 is 1.50 bits per heavy atom. The van der Waals surface area contributed by atoms with E-state index in [0.29, 0.717) is 11.3 Å². The number of allylic oxidation sites excluding steroid dienone is 1. The Balaban J connectivity index is 2.30. The lowest BCUT2D eigenvalue weighted by Crippen LogP contribution is -1.95. The molecule has 0 radical (unpaired) electrons. The third kappa shape index (κ3) is 4.00. The topological polar surface area (TPSA) is 128 Å². The van der Waals surface area contributed by atoms with Crippen molar-refractivity contribution >= 4 is 39.2 Å². The number of nitriles is 1. The summed E-state index contributed by atoms with van der Waals surface area (Å²) in [5, 5.41) is 33.8. The maximum absolute atomic E-state index is 10.6. The van der Waals surface area contributed by atoms with E-state index in [1.54, 1.807) is 18.2 Å². The minimum atomic E-state index is -1.05. The van der Waals surface area contributed by atoms with Crippen molar-refractivity contribution in [2.75, 3.05) is 5.32 Å². The first kappa shape index (κ1) is 15.4. The van der Waals surface area contributed by atoms with Crippen LogP contribution in [0.5, 0.6) is 0 Å². The lowest BCUT2D eigenvalue weighted by molar-refractivity contribution is -0.131. The molecule has 0 atom stereocenters. The Bertz CT molecular complexity index is 776. The molecule has 0 fully saturated rings. The van der Waals surface area contributed by atoms with Gasteiger partial charge in [-0.1, -0.05) is 22.0 Å².